The maximum Gasteiger partial charge on any atom is 0.363 e. The third kappa shape index (κ3) is 2.52. The largest absolute Gasteiger partial charge is 0.465 e. The number of carbonyl (C=O) groups is 4. The van der Waals surface area contributed by atoms with Gasteiger partial charge < -0.3 is 9.57 Å². The molecule has 0 fully saturated rings. The summed E-state index contributed by atoms with van der Waals surface area (Å²) in [6, 6.07) is 11.7. The zero-order valence-electron chi connectivity index (χ0n) is 12.5. The zero-order valence-corrected chi connectivity index (χ0v) is 12.5. The molecule has 120 valence electrons. The Labute approximate surface area is 136 Å². The second kappa shape index (κ2) is 5.96. The van der Waals surface area contributed by atoms with Crippen molar-refractivity contribution in [2.24, 2.45) is 0 Å². The number of hydrogen-bond donors (Lipinski definition) is 0. The predicted octanol–water partition coefficient (Wildman–Crippen LogP) is 1.84. The van der Waals surface area contributed by atoms with Crippen LogP contribution in [0.25, 0.3) is 0 Å². The summed E-state index contributed by atoms with van der Waals surface area (Å²) in [7, 11) is 1.21. The molecule has 0 aliphatic carbocycles. The van der Waals surface area contributed by atoms with Gasteiger partial charge in [0.05, 0.1) is 29.4 Å². The summed E-state index contributed by atoms with van der Waals surface area (Å²) >= 11 is 0. The van der Waals surface area contributed by atoms with Crippen molar-refractivity contribution in [2.75, 3.05) is 7.11 Å². The number of amides is 2. The molecule has 2 aromatic carbocycles. The smallest absolute Gasteiger partial charge is 0.363 e. The molecule has 0 saturated carbocycles. The molecule has 7 heteroatoms. The van der Waals surface area contributed by atoms with Crippen LogP contribution in [-0.4, -0.2) is 35.9 Å². The van der Waals surface area contributed by atoms with Gasteiger partial charge in [0.2, 0.25) is 0 Å². The van der Waals surface area contributed by atoms with Crippen molar-refractivity contribution in [1.29, 1.82) is 0 Å². The first-order valence-electron chi connectivity index (χ1n) is 6.91. The summed E-state index contributed by atoms with van der Waals surface area (Å²) in [5.41, 5.74) is 0.487. The van der Waals surface area contributed by atoms with Gasteiger partial charge in [0.15, 0.2) is 0 Å². The third-order valence-electron chi connectivity index (χ3n) is 3.45. The fraction of sp³-hybridized carbons (Fsp3) is 0.0588. The second-order valence-electron chi connectivity index (χ2n) is 4.90. The Hall–Kier alpha value is -3.48. The van der Waals surface area contributed by atoms with Crippen LogP contribution in [0.4, 0.5) is 0 Å². The number of nitrogens with zero attached hydrogens (tertiary/aromatic N) is 1. The number of hydroxylamine groups is 2. The Balaban J connectivity index is 1.83. The minimum atomic E-state index is -0.935. The van der Waals surface area contributed by atoms with E-state index < -0.39 is 23.8 Å². The fourth-order valence-electron chi connectivity index (χ4n) is 2.28. The highest BCUT2D eigenvalue weighted by atomic mass is 16.7. The predicted molar refractivity (Wildman–Crippen MR) is 80.1 cm³/mol. The van der Waals surface area contributed by atoms with Gasteiger partial charge in [-0.2, -0.15) is 0 Å². The van der Waals surface area contributed by atoms with Gasteiger partial charge in [0.25, 0.3) is 11.8 Å². The number of fused-ring (bicyclic) bond motifs is 1. The monoisotopic (exact) mass is 325 g/mol. The van der Waals surface area contributed by atoms with E-state index in [4.69, 9.17) is 4.84 Å². The average Bonchev–Trinajstić information content (AvgIpc) is 2.86. The third-order valence-corrected chi connectivity index (χ3v) is 3.45. The van der Waals surface area contributed by atoms with Gasteiger partial charge in [0.1, 0.15) is 0 Å². The fourth-order valence-corrected chi connectivity index (χ4v) is 2.28. The van der Waals surface area contributed by atoms with E-state index in [1.807, 2.05) is 0 Å². The van der Waals surface area contributed by atoms with Crippen LogP contribution in [0.15, 0.2) is 48.5 Å². The normalized spacial score (nSPS) is 12.8. The van der Waals surface area contributed by atoms with E-state index >= 15 is 0 Å². The Kier molecular flexibility index (Phi) is 3.83. The second-order valence-corrected chi connectivity index (χ2v) is 4.90. The van der Waals surface area contributed by atoms with Crippen molar-refractivity contribution in [3.8, 4) is 0 Å². The lowest BCUT2D eigenvalue weighted by atomic mass is 10.1. The molecule has 1 aliphatic rings. The highest BCUT2D eigenvalue weighted by molar-refractivity contribution is 6.21. The van der Waals surface area contributed by atoms with Crippen molar-refractivity contribution in [2.45, 2.75) is 0 Å². The van der Waals surface area contributed by atoms with Crippen LogP contribution >= 0.6 is 0 Å². The van der Waals surface area contributed by atoms with Gasteiger partial charge in [-0.05, 0) is 30.3 Å². The maximum atomic E-state index is 12.2. The van der Waals surface area contributed by atoms with Crippen molar-refractivity contribution in [1.82, 2.24) is 5.06 Å². The Morgan fingerprint density at radius 2 is 1.38 bits per heavy atom. The van der Waals surface area contributed by atoms with Gasteiger partial charge in [-0.25, -0.2) is 9.59 Å². The lowest BCUT2D eigenvalue weighted by Crippen LogP contribution is -2.32. The number of benzene rings is 2. The van der Waals surface area contributed by atoms with Gasteiger partial charge >= 0.3 is 11.9 Å². The van der Waals surface area contributed by atoms with Crippen LogP contribution in [0, 0.1) is 0 Å². The van der Waals surface area contributed by atoms with Crippen LogP contribution in [0.2, 0.25) is 0 Å². The molecule has 3 rings (SSSR count). The molecular formula is C17H11NO6. The van der Waals surface area contributed by atoms with E-state index in [-0.39, 0.29) is 22.3 Å². The van der Waals surface area contributed by atoms with E-state index in [9.17, 15) is 19.2 Å². The molecule has 7 nitrogen and oxygen atoms in total. The Bertz CT molecular complexity index is 838. The molecule has 0 saturated heterocycles. The quantitative estimate of drug-likeness (QED) is 0.632. The first-order valence-corrected chi connectivity index (χ1v) is 6.91. The SMILES string of the molecule is COC(=O)c1cccc(C(=O)ON2C(=O)c3ccccc3C2=O)c1. The standard InChI is InChI=1S/C17H11NO6/c1-23-16(21)10-5-4-6-11(9-10)17(22)24-18-14(19)12-7-2-3-8-13(12)15(18)20/h2-9H,1H3. The molecule has 1 heterocycles. The van der Waals surface area contributed by atoms with E-state index in [1.165, 1.54) is 43.5 Å². The summed E-state index contributed by atoms with van der Waals surface area (Å²) in [5.74, 6) is -2.98. The summed E-state index contributed by atoms with van der Waals surface area (Å²) in [4.78, 5) is 52.9. The van der Waals surface area contributed by atoms with E-state index in [0.29, 0.717) is 5.06 Å². The van der Waals surface area contributed by atoms with Crippen molar-refractivity contribution in [3.05, 3.63) is 70.8 Å². The molecule has 24 heavy (non-hydrogen) atoms. The topological polar surface area (TPSA) is 90.0 Å². The highest BCUT2D eigenvalue weighted by Gasteiger charge is 2.38. The minimum absolute atomic E-state index is 0.00876. The molecule has 0 spiro atoms. The molecule has 2 amide bonds. The molecule has 0 bridgehead atoms. The molecule has 2 aromatic rings. The van der Waals surface area contributed by atoms with Crippen LogP contribution in [0.5, 0.6) is 0 Å². The molecule has 0 radical (unpaired) electrons. The maximum absolute atomic E-state index is 12.2. The number of ether oxygens (including phenoxy) is 1. The summed E-state index contributed by atoms with van der Waals surface area (Å²) < 4.78 is 4.57. The first kappa shape index (κ1) is 15.4. The average molecular weight is 325 g/mol. The molecular weight excluding hydrogens is 314 g/mol. The molecule has 0 atom stereocenters. The lowest BCUT2D eigenvalue weighted by molar-refractivity contribution is -0.0584. The van der Waals surface area contributed by atoms with Crippen LogP contribution in [0.3, 0.4) is 0 Å². The number of methoxy groups -OCH3 is 1. The molecule has 0 N–H and O–H groups in total. The van der Waals surface area contributed by atoms with Gasteiger partial charge in [-0.1, -0.05) is 23.3 Å². The molecule has 1 aliphatic heterocycles. The first-order chi connectivity index (χ1) is 11.5. The summed E-state index contributed by atoms with van der Waals surface area (Å²) in [6.45, 7) is 0. The van der Waals surface area contributed by atoms with Crippen molar-refractivity contribution >= 4 is 23.8 Å². The summed E-state index contributed by atoms with van der Waals surface area (Å²) in [5, 5.41) is 0.414. The Morgan fingerprint density at radius 1 is 0.833 bits per heavy atom. The summed E-state index contributed by atoms with van der Waals surface area (Å²) in [6.07, 6.45) is 0. The van der Waals surface area contributed by atoms with Crippen molar-refractivity contribution in [3.63, 3.8) is 0 Å². The van der Waals surface area contributed by atoms with E-state index in [1.54, 1.807) is 12.1 Å². The van der Waals surface area contributed by atoms with E-state index in [0.717, 1.165) is 0 Å². The molecule has 0 aromatic heterocycles. The lowest BCUT2D eigenvalue weighted by Gasteiger charge is -2.12. The van der Waals surface area contributed by atoms with Gasteiger partial charge in [-0.15, -0.1) is 0 Å². The van der Waals surface area contributed by atoms with Crippen LogP contribution < -0.4 is 0 Å². The number of esters is 1. The number of imide groups is 1. The highest BCUT2D eigenvalue weighted by Crippen LogP contribution is 2.23. The van der Waals surface area contributed by atoms with Gasteiger partial charge in [0, 0.05) is 0 Å². The zero-order chi connectivity index (χ0) is 17.3. The van der Waals surface area contributed by atoms with Gasteiger partial charge in [-0.3, -0.25) is 9.59 Å². The number of rotatable bonds is 3. The van der Waals surface area contributed by atoms with Crippen LogP contribution in [0.1, 0.15) is 41.4 Å². The minimum Gasteiger partial charge on any atom is -0.465 e. The number of carbonyl (C=O) groups excluding carboxylic acids is 4. The van der Waals surface area contributed by atoms with E-state index in [2.05, 4.69) is 4.74 Å². The Morgan fingerprint density at radius 3 is 1.92 bits per heavy atom. The van der Waals surface area contributed by atoms with Crippen LogP contribution in [-0.2, 0) is 9.57 Å². The molecule has 0 unspecified atom stereocenters. The van der Waals surface area contributed by atoms with Crippen molar-refractivity contribution < 1.29 is 28.8 Å². The number of hydrogen-bond acceptors (Lipinski definition) is 6.